The molecule has 0 bridgehead atoms. The van der Waals surface area contributed by atoms with Crippen molar-refractivity contribution in [3.63, 3.8) is 0 Å². The van der Waals surface area contributed by atoms with Gasteiger partial charge in [0.2, 0.25) is 0 Å². The van der Waals surface area contributed by atoms with Crippen molar-refractivity contribution in [2.75, 3.05) is 13.7 Å². The van der Waals surface area contributed by atoms with Gasteiger partial charge in [0.25, 0.3) is 5.88 Å². The lowest BCUT2D eigenvalue weighted by molar-refractivity contribution is 0.264. The molecule has 0 unspecified atom stereocenters. The largest absolute Gasteiger partial charge is 0.491 e. The number of fused-ring (bicyclic) bond motifs is 2. The molecular formula is C21H19FN6O2. The van der Waals surface area contributed by atoms with Gasteiger partial charge in [-0.25, -0.2) is 4.39 Å². The molecule has 30 heavy (non-hydrogen) atoms. The maximum Gasteiger partial charge on any atom is 0.275 e. The van der Waals surface area contributed by atoms with E-state index in [0.717, 1.165) is 30.9 Å². The van der Waals surface area contributed by atoms with Gasteiger partial charge in [-0.2, -0.15) is 4.52 Å². The standard InChI is InChI=1S/C21H19FN6O2/c1-29-18-10-19-25-26-20(13-2-5-15(22)6-3-13)28(19)27-21(18)30-12-16-7-4-14-11-23-9-8-17(14)24-16/h2-7,10,23H,8-9,11-12H2,1H3. The first-order chi connectivity index (χ1) is 14.7. The summed E-state index contributed by atoms with van der Waals surface area (Å²) in [7, 11) is 1.54. The van der Waals surface area contributed by atoms with Crippen LogP contribution in [0.25, 0.3) is 17.0 Å². The number of methoxy groups -OCH3 is 1. The average molecular weight is 406 g/mol. The van der Waals surface area contributed by atoms with Crippen molar-refractivity contribution < 1.29 is 13.9 Å². The number of nitrogens with zero attached hydrogens (tertiary/aromatic N) is 5. The first-order valence-corrected chi connectivity index (χ1v) is 9.59. The SMILES string of the molecule is COc1cc2nnc(-c3ccc(F)cc3)n2nc1OCc1ccc2c(n1)CCNC2. The lowest BCUT2D eigenvalue weighted by Crippen LogP contribution is -2.24. The highest BCUT2D eigenvalue weighted by atomic mass is 19.1. The molecule has 152 valence electrons. The second kappa shape index (κ2) is 7.68. The van der Waals surface area contributed by atoms with Crippen LogP contribution in [0, 0.1) is 5.82 Å². The summed E-state index contributed by atoms with van der Waals surface area (Å²) in [5, 5.41) is 16.2. The number of pyridine rings is 1. The molecule has 0 fully saturated rings. The van der Waals surface area contributed by atoms with Crippen LogP contribution < -0.4 is 14.8 Å². The Morgan fingerprint density at radius 3 is 2.83 bits per heavy atom. The number of hydrogen-bond acceptors (Lipinski definition) is 7. The maximum absolute atomic E-state index is 13.3. The normalized spacial score (nSPS) is 13.3. The zero-order valence-corrected chi connectivity index (χ0v) is 16.3. The van der Waals surface area contributed by atoms with Gasteiger partial charge < -0.3 is 14.8 Å². The maximum atomic E-state index is 13.3. The van der Waals surface area contributed by atoms with E-state index in [1.165, 1.54) is 17.7 Å². The summed E-state index contributed by atoms with van der Waals surface area (Å²) in [6.07, 6.45) is 0.901. The predicted octanol–water partition coefficient (Wildman–Crippen LogP) is 2.56. The molecule has 0 atom stereocenters. The van der Waals surface area contributed by atoms with E-state index in [-0.39, 0.29) is 12.4 Å². The molecule has 8 nitrogen and oxygen atoms in total. The molecule has 5 rings (SSSR count). The minimum Gasteiger partial charge on any atom is -0.491 e. The Kier molecular flexibility index (Phi) is 4.72. The molecule has 1 aromatic carbocycles. The number of halogens is 1. The average Bonchev–Trinajstić information content (AvgIpc) is 3.20. The van der Waals surface area contributed by atoms with Crippen LogP contribution in [0.1, 0.15) is 17.0 Å². The lowest BCUT2D eigenvalue weighted by atomic mass is 10.1. The van der Waals surface area contributed by atoms with Gasteiger partial charge in [0.15, 0.2) is 17.2 Å². The molecule has 9 heteroatoms. The lowest BCUT2D eigenvalue weighted by Gasteiger charge is -2.17. The van der Waals surface area contributed by atoms with Crippen molar-refractivity contribution in [1.82, 2.24) is 30.1 Å². The summed E-state index contributed by atoms with van der Waals surface area (Å²) in [4.78, 5) is 4.71. The van der Waals surface area contributed by atoms with E-state index in [1.54, 1.807) is 29.8 Å². The zero-order valence-electron chi connectivity index (χ0n) is 16.3. The molecule has 1 aliphatic heterocycles. The molecule has 0 aliphatic carbocycles. The number of nitrogens with one attached hydrogen (secondary N) is 1. The third-order valence-electron chi connectivity index (χ3n) is 4.99. The van der Waals surface area contributed by atoms with Crippen LogP contribution in [-0.4, -0.2) is 38.4 Å². The topological polar surface area (TPSA) is 86.5 Å². The summed E-state index contributed by atoms with van der Waals surface area (Å²) in [6.45, 7) is 2.02. The third-order valence-corrected chi connectivity index (χ3v) is 4.99. The number of ether oxygens (including phenoxy) is 2. The number of aromatic nitrogens is 5. The highest BCUT2D eigenvalue weighted by Gasteiger charge is 2.16. The molecule has 0 saturated carbocycles. The Morgan fingerprint density at radius 2 is 2.00 bits per heavy atom. The Morgan fingerprint density at radius 1 is 1.13 bits per heavy atom. The summed E-state index contributed by atoms with van der Waals surface area (Å²) in [6, 6.07) is 11.7. The fourth-order valence-electron chi connectivity index (χ4n) is 3.43. The van der Waals surface area contributed by atoms with E-state index in [2.05, 4.69) is 26.7 Å². The van der Waals surface area contributed by atoms with Gasteiger partial charge in [-0.1, -0.05) is 6.07 Å². The molecule has 0 spiro atoms. The third kappa shape index (κ3) is 3.43. The monoisotopic (exact) mass is 406 g/mol. The van der Waals surface area contributed by atoms with Gasteiger partial charge in [-0.3, -0.25) is 4.98 Å². The first kappa shape index (κ1) is 18.4. The highest BCUT2D eigenvalue weighted by molar-refractivity contribution is 5.60. The molecule has 1 aliphatic rings. The highest BCUT2D eigenvalue weighted by Crippen LogP contribution is 2.28. The van der Waals surface area contributed by atoms with Crippen molar-refractivity contribution in [2.45, 2.75) is 19.6 Å². The first-order valence-electron chi connectivity index (χ1n) is 9.59. The molecular weight excluding hydrogens is 387 g/mol. The Hall–Kier alpha value is -3.59. The van der Waals surface area contributed by atoms with Gasteiger partial charge in [0, 0.05) is 36.8 Å². The number of hydrogen-bond donors (Lipinski definition) is 1. The van der Waals surface area contributed by atoms with Crippen LogP contribution in [0.15, 0.2) is 42.5 Å². The summed E-state index contributed by atoms with van der Waals surface area (Å²) < 4.78 is 26.2. The molecule has 0 amide bonds. The number of benzene rings is 1. The van der Waals surface area contributed by atoms with Crippen molar-refractivity contribution in [3.8, 4) is 23.0 Å². The van der Waals surface area contributed by atoms with Gasteiger partial charge in [-0.05, 0) is 35.9 Å². The number of rotatable bonds is 5. The van der Waals surface area contributed by atoms with Crippen LogP contribution in [0.5, 0.6) is 11.6 Å². The van der Waals surface area contributed by atoms with Crippen molar-refractivity contribution in [3.05, 3.63) is 65.2 Å². The molecule has 1 N–H and O–H groups in total. The quantitative estimate of drug-likeness (QED) is 0.545. The van der Waals surface area contributed by atoms with Crippen LogP contribution in [0.4, 0.5) is 4.39 Å². The van der Waals surface area contributed by atoms with E-state index in [0.29, 0.717) is 28.7 Å². The summed E-state index contributed by atoms with van der Waals surface area (Å²) >= 11 is 0. The fraction of sp³-hybridized carbons (Fsp3) is 0.238. The smallest absolute Gasteiger partial charge is 0.275 e. The molecule has 3 aromatic heterocycles. The zero-order chi connectivity index (χ0) is 20.5. The van der Waals surface area contributed by atoms with Gasteiger partial charge in [-0.15, -0.1) is 15.3 Å². The Balaban J connectivity index is 1.45. The summed E-state index contributed by atoms with van der Waals surface area (Å²) in [5.41, 5.74) is 4.33. The van der Waals surface area contributed by atoms with Gasteiger partial charge in [0.05, 0.1) is 12.8 Å². The van der Waals surface area contributed by atoms with E-state index < -0.39 is 0 Å². The van der Waals surface area contributed by atoms with Crippen molar-refractivity contribution in [1.29, 1.82) is 0 Å². The minimum atomic E-state index is -0.320. The van der Waals surface area contributed by atoms with Crippen molar-refractivity contribution in [2.24, 2.45) is 0 Å². The Labute approximate surface area is 171 Å². The van der Waals surface area contributed by atoms with Gasteiger partial charge in [0.1, 0.15) is 12.4 Å². The van der Waals surface area contributed by atoms with Crippen LogP contribution in [0.3, 0.4) is 0 Å². The van der Waals surface area contributed by atoms with Gasteiger partial charge >= 0.3 is 0 Å². The fourth-order valence-corrected chi connectivity index (χ4v) is 3.43. The molecule has 0 saturated heterocycles. The van der Waals surface area contributed by atoms with Crippen LogP contribution in [-0.2, 0) is 19.6 Å². The van der Waals surface area contributed by atoms with Crippen LogP contribution in [0.2, 0.25) is 0 Å². The minimum absolute atomic E-state index is 0.254. The van der Waals surface area contributed by atoms with Crippen LogP contribution >= 0.6 is 0 Å². The molecule has 4 heterocycles. The molecule has 4 aromatic rings. The van der Waals surface area contributed by atoms with E-state index in [1.807, 2.05) is 6.07 Å². The van der Waals surface area contributed by atoms with E-state index >= 15 is 0 Å². The van der Waals surface area contributed by atoms with Crippen molar-refractivity contribution >= 4 is 5.65 Å². The Bertz CT molecular complexity index is 1210. The second-order valence-electron chi connectivity index (χ2n) is 6.94. The second-order valence-corrected chi connectivity index (χ2v) is 6.94. The molecule has 0 radical (unpaired) electrons. The summed E-state index contributed by atoms with van der Waals surface area (Å²) in [5.74, 6) is 0.911. The van der Waals surface area contributed by atoms with E-state index in [4.69, 9.17) is 14.5 Å². The predicted molar refractivity (Wildman–Crippen MR) is 107 cm³/mol. The van der Waals surface area contributed by atoms with E-state index in [9.17, 15) is 4.39 Å².